The lowest BCUT2D eigenvalue weighted by Crippen LogP contribution is -2.45. The summed E-state index contributed by atoms with van der Waals surface area (Å²) in [6.45, 7) is 2.49. The Kier molecular flexibility index (Phi) is 7.21. The van der Waals surface area contributed by atoms with Crippen LogP contribution in [0.3, 0.4) is 0 Å². The maximum Gasteiger partial charge on any atom is 0.416 e. The second kappa shape index (κ2) is 8.63. The van der Waals surface area contributed by atoms with Crippen molar-refractivity contribution in [2.45, 2.75) is 12.2 Å². The summed E-state index contributed by atoms with van der Waals surface area (Å²) in [7, 11) is 0. The lowest BCUT2D eigenvalue weighted by molar-refractivity contribution is -0.137. The third-order valence-corrected chi connectivity index (χ3v) is 5.62. The Morgan fingerprint density at radius 3 is 2.31 bits per heavy atom. The quantitative estimate of drug-likeness (QED) is 0.611. The molecule has 26 heavy (non-hydrogen) atoms. The molecule has 1 atom stereocenters. The maximum absolute atomic E-state index is 14.7. The van der Waals surface area contributed by atoms with E-state index in [0.717, 1.165) is 6.07 Å². The molecular formula is C16H15Cl3F4N2S. The summed E-state index contributed by atoms with van der Waals surface area (Å²) in [6.07, 6.45) is -4.60. The molecule has 0 unspecified atom stereocenters. The van der Waals surface area contributed by atoms with Gasteiger partial charge in [0.25, 0.3) is 0 Å². The molecule has 2 heterocycles. The molecular weight excluding hydrogens is 435 g/mol. The number of rotatable bonds is 3. The first-order chi connectivity index (χ1) is 11.8. The van der Waals surface area contributed by atoms with Gasteiger partial charge in [-0.05, 0) is 24.3 Å². The number of hydrogen-bond donors (Lipinski definition) is 1. The number of piperazine rings is 1. The summed E-state index contributed by atoms with van der Waals surface area (Å²) < 4.78 is 54.7. The molecule has 0 radical (unpaired) electrons. The van der Waals surface area contributed by atoms with Crippen LogP contribution in [0.5, 0.6) is 0 Å². The minimum atomic E-state index is -4.60. The van der Waals surface area contributed by atoms with Crippen LogP contribution < -0.4 is 5.32 Å². The number of nitrogens with one attached hydrogen (secondary N) is 1. The van der Waals surface area contributed by atoms with Gasteiger partial charge in [-0.3, -0.25) is 4.90 Å². The maximum atomic E-state index is 14.7. The van der Waals surface area contributed by atoms with Gasteiger partial charge in [-0.25, -0.2) is 4.39 Å². The van der Waals surface area contributed by atoms with Gasteiger partial charge in [-0.2, -0.15) is 13.2 Å². The monoisotopic (exact) mass is 448 g/mol. The van der Waals surface area contributed by atoms with E-state index in [2.05, 4.69) is 5.32 Å². The zero-order valence-corrected chi connectivity index (χ0v) is 16.4. The molecule has 10 heteroatoms. The van der Waals surface area contributed by atoms with Crippen molar-refractivity contribution in [1.29, 1.82) is 0 Å². The smallest absolute Gasteiger partial charge is 0.314 e. The minimum Gasteiger partial charge on any atom is -0.314 e. The largest absolute Gasteiger partial charge is 0.416 e. The van der Waals surface area contributed by atoms with E-state index in [9.17, 15) is 17.6 Å². The highest BCUT2D eigenvalue weighted by atomic mass is 35.5. The van der Waals surface area contributed by atoms with E-state index in [4.69, 9.17) is 23.2 Å². The molecule has 3 rings (SSSR count). The summed E-state index contributed by atoms with van der Waals surface area (Å²) >= 11 is 13.0. The fraction of sp³-hybridized carbons (Fsp3) is 0.375. The molecule has 0 saturated carbocycles. The average Bonchev–Trinajstić information content (AvgIpc) is 2.97. The average molecular weight is 450 g/mol. The zero-order valence-electron chi connectivity index (χ0n) is 13.2. The normalized spacial score (nSPS) is 17.0. The summed E-state index contributed by atoms with van der Waals surface area (Å²) in [6, 6.07) is 4.18. The van der Waals surface area contributed by atoms with Crippen LogP contribution in [0, 0.1) is 5.82 Å². The first-order valence-corrected chi connectivity index (χ1v) is 9.11. The van der Waals surface area contributed by atoms with Gasteiger partial charge < -0.3 is 5.32 Å². The molecule has 0 bridgehead atoms. The fourth-order valence-electron chi connectivity index (χ4n) is 2.92. The van der Waals surface area contributed by atoms with Crippen LogP contribution in [0.2, 0.25) is 9.36 Å². The van der Waals surface area contributed by atoms with E-state index in [-0.39, 0.29) is 18.0 Å². The summed E-state index contributed by atoms with van der Waals surface area (Å²) in [4.78, 5) is 2.62. The third-order valence-electron chi connectivity index (χ3n) is 4.06. The first-order valence-electron chi connectivity index (χ1n) is 7.53. The highest BCUT2D eigenvalue weighted by molar-refractivity contribution is 7.16. The first kappa shape index (κ1) is 21.7. The predicted octanol–water partition coefficient (Wildman–Crippen LogP) is 5.63. The van der Waals surface area contributed by atoms with Gasteiger partial charge in [-0.15, -0.1) is 23.7 Å². The molecule has 1 aliphatic heterocycles. The highest BCUT2D eigenvalue weighted by Crippen LogP contribution is 2.41. The molecule has 0 aliphatic carbocycles. The molecule has 2 aromatic rings. The Morgan fingerprint density at radius 2 is 1.77 bits per heavy atom. The van der Waals surface area contributed by atoms with Crippen LogP contribution in [-0.2, 0) is 6.18 Å². The van der Waals surface area contributed by atoms with E-state index in [1.54, 1.807) is 12.1 Å². The van der Waals surface area contributed by atoms with Crippen molar-refractivity contribution in [1.82, 2.24) is 10.2 Å². The van der Waals surface area contributed by atoms with E-state index < -0.39 is 28.6 Å². The molecule has 2 nitrogen and oxygen atoms in total. The minimum absolute atomic E-state index is 0. The molecule has 1 fully saturated rings. The van der Waals surface area contributed by atoms with Gasteiger partial charge in [0, 0.05) is 36.6 Å². The zero-order chi connectivity index (χ0) is 18.2. The number of thiophene rings is 1. The third kappa shape index (κ3) is 4.64. The van der Waals surface area contributed by atoms with Crippen LogP contribution in [0.15, 0.2) is 24.3 Å². The van der Waals surface area contributed by atoms with Crippen molar-refractivity contribution in [2.24, 2.45) is 0 Å². The molecule has 1 aliphatic rings. The predicted molar refractivity (Wildman–Crippen MR) is 99.3 cm³/mol. The van der Waals surface area contributed by atoms with Gasteiger partial charge in [0.1, 0.15) is 5.82 Å². The van der Waals surface area contributed by atoms with Crippen LogP contribution in [0.1, 0.15) is 22.0 Å². The van der Waals surface area contributed by atoms with Crippen molar-refractivity contribution in [3.05, 3.63) is 55.4 Å². The Balaban J connectivity index is 0.00000243. The molecule has 1 saturated heterocycles. The Bertz CT molecular complexity index is 760. The van der Waals surface area contributed by atoms with Crippen LogP contribution in [0.25, 0.3) is 0 Å². The summed E-state index contributed by atoms with van der Waals surface area (Å²) in [5, 5.41) is 2.64. The molecule has 1 aromatic heterocycles. The van der Waals surface area contributed by atoms with Crippen LogP contribution in [0.4, 0.5) is 17.6 Å². The van der Waals surface area contributed by atoms with Gasteiger partial charge in [0.2, 0.25) is 0 Å². The molecule has 1 aromatic carbocycles. The standard InChI is InChI=1S/C16H14Cl2F4N2S.ClH/c17-11-8-9(16(20,21)22)7-10(14(11)19)15(12-1-2-13(18)25-12)24-5-3-23-4-6-24;/h1-2,7-8,15,23H,3-6H2;1H/t15-;/m1./s1. The van der Waals surface area contributed by atoms with Crippen molar-refractivity contribution in [3.8, 4) is 0 Å². The highest BCUT2D eigenvalue weighted by Gasteiger charge is 2.35. The number of halogens is 7. The lowest BCUT2D eigenvalue weighted by atomic mass is 9.99. The van der Waals surface area contributed by atoms with E-state index in [1.165, 1.54) is 11.3 Å². The van der Waals surface area contributed by atoms with Crippen molar-refractivity contribution in [3.63, 3.8) is 0 Å². The molecule has 1 N–H and O–H groups in total. The van der Waals surface area contributed by atoms with E-state index >= 15 is 0 Å². The van der Waals surface area contributed by atoms with Gasteiger partial charge in [0.05, 0.1) is 21.0 Å². The van der Waals surface area contributed by atoms with Crippen molar-refractivity contribution >= 4 is 46.9 Å². The van der Waals surface area contributed by atoms with Gasteiger partial charge in [-0.1, -0.05) is 23.2 Å². The Morgan fingerprint density at radius 1 is 1.12 bits per heavy atom. The Hall–Kier alpha value is -0.570. The Labute approximate surface area is 168 Å². The van der Waals surface area contributed by atoms with Crippen LogP contribution in [-0.4, -0.2) is 31.1 Å². The second-order valence-electron chi connectivity index (χ2n) is 5.69. The van der Waals surface area contributed by atoms with E-state index in [0.29, 0.717) is 41.5 Å². The van der Waals surface area contributed by atoms with Gasteiger partial charge in [0.15, 0.2) is 0 Å². The number of nitrogens with zero attached hydrogens (tertiary/aromatic N) is 1. The van der Waals surface area contributed by atoms with Crippen molar-refractivity contribution in [2.75, 3.05) is 26.2 Å². The number of alkyl halides is 3. The topological polar surface area (TPSA) is 15.3 Å². The fourth-order valence-corrected chi connectivity index (χ4v) is 4.36. The second-order valence-corrected chi connectivity index (χ2v) is 7.84. The molecule has 144 valence electrons. The summed E-state index contributed by atoms with van der Waals surface area (Å²) in [5.74, 6) is -0.831. The number of hydrogen-bond acceptors (Lipinski definition) is 3. The SMILES string of the molecule is Cl.Fc1c(Cl)cc(C(F)(F)F)cc1[C@H](c1ccc(Cl)s1)N1CCNCC1. The van der Waals surface area contributed by atoms with E-state index in [1.807, 2.05) is 4.90 Å². The number of benzene rings is 1. The molecule has 0 amide bonds. The lowest BCUT2D eigenvalue weighted by Gasteiger charge is -2.35. The van der Waals surface area contributed by atoms with Crippen LogP contribution >= 0.6 is 46.9 Å². The molecule has 0 spiro atoms. The van der Waals surface area contributed by atoms with Gasteiger partial charge >= 0.3 is 6.18 Å². The summed E-state index contributed by atoms with van der Waals surface area (Å²) in [5.41, 5.74) is -1.04. The van der Waals surface area contributed by atoms with Crippen molar-refractivity contribution < 1.29 is 17.6 Å².